The van der Waals surface area contributed by atoms with Gasteiger partial charge in [-0.25, -0.2) is 9.98 Å². The van der Waals surface area contributed by atoms with Crippen molar-refractivity contribution in [3.8, 4) is 11.3 Å². The smallest absolute Gasteiger partial charge is 0.162 e. The number of allylic oxidation sites excluding steroid dienone is 1. The number of imidazole rings is 1. The van der Waals surface area contributed by atoms with Gasteiger partial charge in [-0.05, 0) is 20.8 Å². The van der Waals surface area contributed by atoms with E-state index in [1.54, 1.807) is 18.6 Å². The number of hydrogen-bond donors (Lipinski definition) is 2. The Morgan fingerprint density at radius 3 is 2.86 bits per heavy atom. The van der Waals surface area contributed by atoms with E-state index in [0.29, 0.717) is 17.4 Å². The monoisotopic (exact) mass is 297 g/mol. The molecule has 0 aliphatic heterocycles. The summed E-state index contributed by atoms with van der Waals surface area (Å²) in [5, 5.41) is 10.7. The van der Waals surface area contributed by atoms with E-state index in [1.165, 1.54) is 0 Å². The number of amidine groups is 1. The summed E-state index contributed by atoms with van der Waals surface area (Å²) in [6, 6.07) is 0. The van der Waals surface area contributed by atoms with Crippen molar-refractivity contribution in [2.24, 2.45) is 10.1 Å². The molecule has 0 saturated carbocycles. The van der Waals surface area contributed by atoms with Crippen molar-refractivity contribution in [1.82, 2.24) is 25.2 Å². The molecule has 114 valence electrons. The Bertz CT molecular complexity index is 717. The summed E-state index contributed by atoms with van der Waals surface area (Å²) < 4.78 is 1.92. The van der Waals surface area contributed by atoms with Gasteiger partial charge in [0.05, 0.1) is 18.1 Å². The van der Waals surface area contributed by atoms with Crippen molar-refractivity contribution in [1.29, 1.82) is 0 Å². The fourth-order valence-corrected chi connectivity index (χ4v) is 1.91. The first-order chi connectivity index (χ1) is 10.7. The average molecular weight is 297 g/mol. The molecule has 7 heteroatoms. The van der Waals surface area contributed by atoms with Crippen molar-refractivity contribution in [2.45, 2.75) is 20.8 Å². The second-order valence-corrected chi connectivity index (χ2v) is 4.45. The van der Waals surface area contributed by atoms with Crippen LogP contribution in [0.15, 0.2) is 41.3 Å². The molecule has 2 aromatic rings. The van der Waals surface area contributed by atoms with Crippen LogP contribution in [0.3, 0.4) is 0 Å². The lowest BCUT2D eigenvalue weighted by molar-refractivity contribution is 1.02. The lowest BCUT2D eigenvalue weighted by atomic mass is 10.3. The quantitative estimate of drug-likeness (QED) is 0.505. The van der Waals surface area contributed by atoms with Crippen LogP contribution in [0.5, 0.6) is 0 Å². The molecule has 2 aromatic heterocycles. The maximum Gasteiger partial charge on any atom is 0.162 e. The minimum atomic E-state index is 0.546. The molecular weight excluding hydrogens is 278 g/mol. The molecular formula is C15H19N7. The number of aromatic amines is 1. The first kappa shape index (κ1) is 15.4. The summed E-state index contributed by atoms with van der Waals surface area (Å²) in [5.41, 5.74) is 5.21. The van der Waals surface area contributed by atoms with Crippen LogP contribution in [-0.2, 0) is 0 Å². The minimum absolute atomic E-state index is 0.546. The molecule has 0 spiro atoms. The maximum absolute atomic E-state index is 4.42. The van der Waals surface area contributed by atoms with Gasteiger partial charge in [-0.15, -0.1) is 0 Å². The lowest BCUT2D eigenvalue weighted by Gasteiger charge is -2.06. The van der Waals surface area contributed by atoms with Crippen molar-refractivity contribution >= 4 is 23.9 Å². The van der Waals surface area contributed by atoms with Gasteiger partial charge in [-0.3, -0.25) is 15.1 Å². The summed E-state index contributed by atoms with van der Waals surface area (Å²) in [7, 11) is 0. The zero-order valence-corrected chi connectivity index (χ0v) is 12.9. The highest BCUT2D eigenvalue weighted by Gasteiger charge is 2.13. The number of hydrazone groups is 1. The summed E-state index contributed by atoms with van der Waals surface area (Å²) in [4.78, 5) is 8.80. The summed E-state index contributed by atoms with van der Waals surface area (Å²) in [6.45, 7) is 9.57. The minimum Gasteiger partial charge on any atom is -0.298 e. The molecule has 0 fully saturated rings. The molecule has 0 amide bonds. The van der Waals surface area contributed by atoms with E-state index in [2.05, 4.69) is 37.3 Å². The Kier molecular flexibility index (Phi) is 5.02. The second-order valence-electron chi connectivity index (χ2n) is 4.45. The van der Waals surface area contributed by atoms with Crippen LogP contribution < -0.4 is 5.43 Å². The number of hydrogen-bond acceptors (Lipinski definition) is 4. The van der Waals surface area contributed by atoms with Gasteiger partial charge in [0.1, 0.15) is 11.5 Å². The molecule has 2 heterocycles. The molecule has 0 aliphatic rings. The fraction of sp³-hybridized carbons (Fsp3) is 0.200. The van der Waals surface area contributed by atoms with Crippen LogP contribution in [0.25, 0.3) is 23.2 Å². The highest BCUT2D eigenvalue weighted by molar-refractivity contribution is 5.85. The van der Waals surface area contributed by atoms with E-state index in [-0.39, 0.29) is 0 Å². The molecule has 7 nitrogen and oxygen atoms in total. The van der Waals surface area contributed by atoms with Crippen molar-refractivity contribution in [2.75, 3.05) is 0 Å². The largest absolute Gasteiger partial charge is 0.298 e. The van der Waals surface area contributed by atoms with E-state index < -0.39 is 0 Å². The van der Waals surface area contributed by atoms with E-state index in [0.717, 1.165) is 11.3 Å². The molecule has 0 radical (unpaired) electrons. The first-order valence-electron chi connectivity index (χ1n) is 6.84. The molecule has 0 unspecified atom stereocenters. The molecule has 0 aliphatic carbocycles. The zero-order chi connectivity index (χ0) is 15.9. The van der Waals surface area contributed by atoms with E-state index in [1.807, 2.05) is 43.8 Å². The van der Waals surface area contributed by atoms with Gasteiger partial charge >= 0.3 is 0 Å². The van der Waals surface area contributed by atoms with Gasteiger partial charge in [-0.2, -0.15) is 10.2 Å². The third-order valence-electron chi connectivity index (χ3n) is 2.81. The van der Waals surface area contributed by atoms with Crippen LogP contribution in [-0.4, -0.2) is 31.8 Å². The van der Waals surface area contributed by atoms with Gasteiger partial charge in [0, 0.05) is 24.2 Å². The van der Waals surface area contributed by atoms with Crippen LogP contribution in [0.2, 0.25) is 0 Å². The van der Waals surface area contributed by atoms with E-state index >= 15 is 0 Å². The van der Waals surface area contributed by atoms with E-state index in [4.69, 9.17) is 0 Å². The third-order valence-corrected chi connectivity index (χ3v) is 2.81. The van der Waals surface area contributed by atoms with Crippen molar-refractivity contribution < 1.29 is 0 Å². The molecule has 2 rings (SSSR count). The molecule has 22 heavy (non-hydrogen) atoms. The van der Waals surface area contributed by atoms with Crippen LogP contribution in [0.1, 0.15) is 26.6 Å². The maximum atomic E-state index is 4.42. The molecule has 0 atom stereocenters. The van der Waals surface area contributed by atoms with Crippen molar-refractivity contribution in [3.05, 3.63) is 37.1 Å². The topological polar surface area (TPSA) is 83.2 Å². The number of aromatic nitrogens is 4. The summed E-state index contributed by atoms with van der Waals surface area (Å²) >= 11 is 0. The highest BCUT2D eigenvalue weighted by Crippen LogP contribution is 2.23. The van der Waals surface area contributed by atoms with Gasteiger partial charge in [0.15, 0.2) is 5.82 Å². The number of nitrogens with one attached hydrogen (secondary N) is 2. The zero-order valence-electron chi connectivity index (χ0n) is 12.9. The third kappa shape index (κ3) is 3.38. The normalized spacial score (nSPS) is 12.4. The predicted octanol–water partition coefficient (Wildman–Crippen LogP) is 2.75. The van der Waals surface area contributed by atoms with Crippen LogP contribution >= 0.6 is 0 Å². The first-order valence-corrected chi connectivity index (χ1v) is 6.84. The number of nitrogens with zero attached hydrogens (tertiary/aromatic N) is 5. The Morgan fingerprint density at radius 2 is 2.23 bits per heavy atom. The highest BCUT2D eigenvalue weighted by atomic mass is 15.3. The number of rotatable bonds is 5. The fourth-order valence-electron chi connectivity index (χ4n) is 1.91. The van der Waals surface area contributed by atoms with Gasteiger partial charge in [-0.1, -0.05) is 12.7 Å². The Hall–Kier alpha value is -2.96. The molecule has 0 aromatic carbocycles. The predicted molar refractivity (Wildman–Crippen MR) is 90.3 cm³/mol. The van der Waals surface area contributed by atoms with Gasteiger partial charge < -0.3 is 0 Å². The van der Waals surface area contributed by atoms with Crippen molar-refractivity contribution in [3.63, 3.8) is 0 Å². The van der Waals surface area contributed by atoms with Crippen LogP contribution in [0.4, 0.5) is 0 Å². The van der Waals surface area contributed by atoms with Crippen LogP contribution in [0, 0.1) is 0 Å². The number of H-pyrrole nitrogens is 1. The van der Waals surface area contributed by atoms with Gasteiger partial charge in [0.2, 0.25) is 0 Å². The molecule has 0 saturated heterocycles. The molecule has 2 N–H and O–H groups in total. The SMILES string of the molecule is C=C(N=C(C)N/N=C\C)c1ncc(-c2cn[nH]c2)n1/C=C\C. The second kappa shape index (κ2) is 7.16. The Labute approximate surface area is 129 Å². The van der Waals surface area contributed by atoms with Gasteiger partial charge in [0.25, 0.3) is 0 Å². The lowest BCUT2D eigenvalue weighted by Crippen LogP contribution is -2.13. The summed E-state index contributed by atoms with van der Waals surface area (Å²) in [6.07, 6.45) is 10.8. The Morgan fingerprint density at radius 1 is 1.41 bits per heavy atom. The average Bonchev–Trinajstić information content (AvgIpc) is 3.14. The Balaban J connectivity index is 2.37. The molecule has 0 bridgehead atoms. The number of aliphatic imine (C=N–C) groups is 1. The van der Waals surface area contributed by atoms with E-state index in [9.17, 15) is 0 Å². The summed E-state index contributed by atoms with van der Waals surface area (Å²) in [5.74, 6) is 1.30. The standard InChI is InChI=1S/C15H19N7/c1-5-7-22-14(13-8-18-19-9-13)10-16-15(22)11(3)20-12(4)21-17-6-2/h5-10H,3H2,1-2,4H3,(H,18,19)(H,20,21)/b7-5-,17-6-.